The minimum atomic E-state index is -0.461. The topological polar surface area (TPSA) is 72.2 Å². The van der Waals surface area contributed by atoms with Crippen LogP contribution in [0.3, 0.4) is 0 Å². The van der Waals surface area contributed by atoms with E-state index in [9.17, 15) is 14.9 Å². The van der Waals surface area contributed by atoms with E-state index in [1.165, 1.54) is 12.1 Å². The Kier molecular flexibility index (Phi) is 4.20. The van der Waals surface area contributed by atoms with E-state index < -0.39 is 4.92 Å². The van der Waals surface area contributed by atoms with Crippen molar-refractivity contribution in [1.29, 1.82) is 0 Å². The van der Waals surface area contributed by atoms with E-state index in [1.54, 1.807) is 31.2 Å². The molecule has 84 valence electrons. The molecule has 0 radical (unpaired) electrons. The van der Waals surface area contributed by atoms with Gasteiger partial charge in [0.25, 0.3) is 5.69 Å². The molecule has 5 heteroatoms. The molecule has 1 rings (SSSR count). The van der Waals surface area contributed by atoms with Crippen LogP contribution in [0.2, 0.25) is 0 Å². The highest BCUT2D eigenvalue weighted by molar-refractivity contribution is 5.87. The number of carbonyl (C=O) groups excluding carboxylic acids is 1. The van der Waals surface area contributed by atoms with Crippen molar-refractivity contribution in [3.8, 4) is 0 Å². The zero-order valence-electron chi connectivity index (χ0n) is 8.84. The van der Waals surface area contributed by atoms with Gasteiger partial charge in [-0.3, -0.25) is 14.9 Å². The maximum absolute atomic E-state index is 11.1. The molecule has 0 aliphatic heterocycles. The third-order valence-electron chi connectivity index (χ3n) is 1.96. The fraction of sp³-hybridized carbons (Fsp3) is 0.182. The third kappa shape index (κ3) is 3.20. The summed E-state index contributed by atoms with van der Waals surface area (Å²) in [5.74, 6) is -0.263. The molecule has 1 aromatic carbocycles. The van der Waals surface area contributed by atoms with E-state index in [0.717, 1.165) is 0 Å². The van der Waals surface area contributed by atoms with Crippen LogP contribution in [0.1, 0.15) is 12.5 Å². The number of para-hydroxylation sites is 1. The number of allylic oxidation sites excluding steroid dienone is 1. The summed E-state index contributed by atoms with van der Waals surface area (Å²) in [6.07, 6.45) is 2.98. The first kappa shape index (κ1) is 11.9. The second-order valence-electron chi connectivity index (χ2n) is 3.10. The van der Waals surface area contributed by atoms with Gasteiger partial charge in [0.1, 0.15) is 0 Å². The van der Waals surface area contributed by atoms with Crippen molar-refractivity contribution in [3.63, 3.8) is 0 Å². The number of hydrogen-bond donors (Lipinski definition) is 1. The Morgan fingerprint density at radius 2 is 2.19 bits per heavy atom. The number of hydrogen-bond acceptors (Lipinski definition) is 3. The minimum Gasteiger partial charge on any atom is -0.348 e. The highest BCUT2D eigenvalue weighted by Crippen LogP contribution is 2.16. The van der Waals surface area contributed by atoms with E-state index in [4.69, 9.17) is 0 Å². The van der Waals surface area contributed by atoms with Crippen molar-refractivity contribution in [2.75, 3.05) is 0 Å². The van der Waals surface area contributed by atoms with Gasteiger partial charge >= 0.3 is 0 Å². The van der Waals surface area contributed by atoms with Crippen LogP contribution in [-0.2, 0) is 11.3 Å². The first-order valence-corrected chi connectivity index (χ1v) is 4.78. The Balaban J connectivity index is 2.74. The molecule has 5 nitrogen and oxygen atoms in total. The van der Waals surface area contributed by atoms with Crippen LogP contribution >= 0.6 is 0 Å². The van der Waals surface area contributed by atoms with Gasteiger partial charge in [0.05, 0.1) is 4.92 Å². The number of rotatable bonds is 4. The van der Waals surface area contributed by atoms with E-state index >= 15 is 0 Å². The SMILES string of the molecule is CC=CC(=O)NCc1ccccc1[N+](=O)[O-]. The Hall–Kier alpha value is -2.17. The molecule has 1 amide bonds. The largest absolute Gasteiger partial charge is 0.348 e. The second kappa shape index (κ2) is 5.65. The van der Waals surface area contributed by atoms with Gasteiger partial charge in [0.15, 0.2) is 0 Å². The van der Waals surface area contributed by atoms with Gasteiger partial charge < -0.3 is 5.32 Å². The Labute approximate surface area is 92.9 Å². The summed E-state index contributed by atoms with van der Waals surface area (Å²) in [6.45, 7) is 1.88. The molecule has 16 heavy (non-hydrogen) atoms. The summed E-state index contributed by atoms with van der Waals surface area (Å²) < 4.78 is 0. The predicted molar refractivity (Wildman–Crippen MR) is 59.8 cm³/mol. The molecule has 1 N–H and O–H groups in total. The van der Waals surface area contributed by atoms with Gasteiger partial charge in [-0.05, 0) is 13.0 Å². The number of nitrogens with one attached hydrogen (secondary N) is 1. The summed E-state index contributed by atoms with van der Waals surface area (Å²) in [4.78, 5) is 21.3. The lowest BCUT2D eigenvalue weighted by Gasteiger charge is -2.03. The van der Waals surface area contributed by atoms with Gasteiger partial charge in [-0.15, -0.1) is 0 Å². The second-order valence-corrected chi connectivity index (χ2v) is 3.10. The lowest BCUT2D eigenvalue weighted by Crippen LogP contribution is -2.20. The number of carbonyl (C=O) groups is 1. The summed E-state index contributed by atoms with van der Waals surface area (Å²) in [5.41, 5.74) is 0.508. The van der Waals surface area contributed by atoms with Gasteiger partial charge in [0.2, 0.25) is 5.91 Å². The molecule has 0 aromatic heterocycles. The molecule has 0 spiro atoms. The molecule has 0 bridgehead atoms. The summed E-state index contributed by atoms with van der Waals surface area (Å²) in [6, 6.07) is 6.32. The van der Waals surface area contributed by atoms with Crippen LogP contribution in [0.5, 0.6) is 0 Å². The Morgan fingerprint density at radius 3 is 2.81 bits per heavy atom. The summed E-state index contributed by atoms with van der Waals surface area (Å²) >= 11 is 0. The lowest BCUT2D eigenvalue weighted by molar-refractivity contribution is -0.385. The number of amides is 1. The molecule has 0 atom stereocenters. The van der Waals surface area contributed by atoms with E-state index in [2.05, 4.69) is 5.32 Å². The molecule has 0 heterocycles. The molecule has 1 aromatic rings. The van der Waals surface area contributed by atoms with Gasteiger partial charge in [0, 0.05) is 18.2 Å². The average Bonchev–Trinajstić information content (AvgIpc) is 2.27. The molecular weight excluding hydrogens is 208 g/mol. The number of benzene rings is 1. The van der Waals surface area contributed by atoms with Crippen molar-refractivity contribution in [1.82, 2.24) is 5.32 Å². The van der Waals surface area contributed by atoms with Crippen LogP contribution in [0, 0.1) is 10.1 Å². The Bertz CT molecular complexity index is 427. The maximum Gasteiger partial charge on any atom is 0.274 e. The zero-order chi connectivity index (χ0) is 12.0. The van der Waals surface area contributed by atoms with Gasteiger partial charge in [-0.1, -0.05) is 24.3 Å². The first-order chi connectivity index (χ1) is 7.65. The molecule has 0 saturated carbocycles. The first-order valence-electron chi connectivity index (χ1n) is 4.78. The number of nitrogens with zero attached hydrogens (tertiary/aromatic N) is 1. The van der Waals surface area contributed by atoms with Crippen LogP contribution in [-0.4, -0.2) is 10.8 Å². The molecule has 0 aliphatic rings. The van der Waals surface area contributed by atoms with E-state index in [-0.39, 0.29) is 18.1 Å². The highest BCUT2D eigenvalue weighted by atomic mass is 16.6. The maximum atomic E-state index is 11.1. The van der Waals surface area contributed by atoms with Gasteiger partial charge in [-0.25, -0.2) is 0 Å². The summed E-state index contributed by atoms with van der Waals surface area (Å²) in [5, 5.41) is 13.2. The smallest absolute Gasteiger partial charge is 0.274 e. The number of nitro benzene ring substituents is 1. The fourth-order valence-electron chi connectivity index (χ4n) is 1.23. The number of nitro groups is 1. The molecule has 0 saturated heterocycles. The van der Waals surface area contributed by atoms with Crippen molar-refractivity contribution in [2.24, 2.45) is 0 Å². The van der Waals surface area contributed by atoms with E-state index in [1.807, 2.05) is 0 Å². The zero-order valence-corrected chi connectivity index (χ0v) is 8.84. The Morgan fingerprint density at radius 1 is 1.50 bits per heavy atom. The van der Waals surface area contributed by atoms with Crippen LogP contribution in [0.4, 0.5) is 5.69 Å². The average molecular weight is 220 g/mol. The molecule has 0 aliphatic carbocycles. The quantitative estimate of drug-likeness (QED) is 0.477. The van der Waals surface area contributed by atoms with Crippen LogP contribution < -0.4 is 5.32 Å². The van der Waals surface area contributed by atoms with Crippen LogP contribution in [0.25, 0.3) is 0 Å². The van der Waals surface area contributed by atoms with Crippen molar-refractivity contribution >= 4 is 11.6 Å². The predicted octanol–water partition coefficient (Wildman–Crippen LogP) is 1.79. The normalized spacial score (nSPS) is 10.3. The molecule has 0 unspecified atom stereocenters. The molecule has 0 fully saturated rings. The standard InChI is InChI=1S/C11H12N2O3/c1-2-5-11(14)12-8-9-6-3-4-7-10(9)13(15)16/h2-7H,8H2,1H3,(H,12,14). The lowest BCUT2D eigenvalue weighted by atomic mass is 10.2. The van der Waals surface area contributed by atoms with Crippen molar-refractivity contribution in [3.05, 3.63) is 52.1 Å². The van der Waals surface area contributed by atoms with Crippen molar-refractivity contribution < 1.29 is 9.72 Å². The third-order valence-corrected chi connectivity index (χ3v) is 1.96. The minimum absolute atomic E-state index is 0.0169. The monoisotopic (exact) mass is 220 g/mol. The summed E-state index contributed by atoms with van der Waals surface area (Å²) in [7, 11) is 0. The van der Waals surface area contributed by atoms with Crippen molar-refractivity contribution in [2.45, 2.75) is 13.5 Å². The van der Waals surface area contributed by atoms with Crippen LogP contribution in [0.15, 0.2) is 36.4 Å². The fourth-order valence-corrected chi connectivity index (χ4v) is 1.23. The molecular formula is C11H12N2O3. The highest BCUT2D eigenvalue weighted by Gasteiger charge is 2.11. The van der Waals surface area contributed by atoms with Gasteiger partial charge in [-0.2, -0.15) is 0 Å². The van der Waals surface area contributed by atoms with E-state index in [0.29, 0.717) is 5.56 Å².